The first-order valence-corrected chi connectivity index (χ1v) is 11.8. The molecule has 0 saturated carbocycles. The van der Waals surface area contributed by atoms with Gasteiger partial charge in [0.25, 0.3) is 10.0 Å². The molecule has 5 heteroatoms. The molecule has 1 aliphatic rings. The van der Waals surface area contributed by atoms with Crippen LogP contribution in [0, 0.1) is 6.92 Å². The maximum absolute atomic E-state index is 13.3. The van der Waals surface area contributed by atoms with Gasteiger partial charge >= 0.3 is 0 Å². The second-order valence-corrected chi connectivity index (χ2v) is 9.55. The van der Waals surface area contributed by atoms with E-state index in [1.54, 1.807) is 42.6 Å². The molecule has 29 heavy (non-hydrogen) atoms. The lowest BCUT2D eigenvalue weighted by atomic mass is 9.98. The second-order valence-electron chi connectivity index (χ2n) is 7.70. The molecule has 0 fully saturated rings. The maximum Gasteiger partial charge on any atom is 0.264 e. The van der Waals surface area contributed by atoms with Gasteiger partial charge in [-0.25, -0.2) is 8.42 Å². The summed E-state index contributed by atoms with van der Waals surface area (Å²) in [6.45, 7) is 4.08. The van der Waals surface area contributed by atoms with Gasteiger partial charge in [-0.3, -0.25) is 9.10 Å². The Morgan fingerprint density at radius 1 is 1.00 bits per heavy atom. The zero-order valence-corrected chi connectivity index (χ0v) is 18.0. The Bertz CT molecular complexity index is 963. The number of nitrogens with zero attached hydrogens (tertiary/aromatic N) is 1. The van der Waals surface area contributed by atoms with Crippen LogP contribution in [0.3, 0.4) is 0 Å². The van der Waals surface area contributed by atoms with Crippen molar-refractivity contribution < 1.29 is 13.2 Å². The minimum atomic E-state index is -3.69. The molecule has 0 saturated heterocycles. The molecular formula is C24H29NO3S. The topological polar surface area (TPSA) is 54.5 Å². The van der Waals surface area contributed by atoms with E-state index in [2.05, 4.69) is 6.92 Å². The normalized spacial score (nSPS) is 16.7. The van der Waals surface area contributed by atoms with E-state index in [0.29, 0.717) is 17.6 Å². The largest absolute Gasteiger partial charge is 0.289 e. The number of benzene rings is 2. The van der Waals surface area contributed by atoms with Gasteiger partial charge in [-0.15, -0.1) is 0 Å². The van der Waals surface area contributed by atoms with E-state index < -0.39 is 10.0 Å². The number of carbonyl (C=O) groups excluding carboxylic acids is 1. The first-order valence-electron chi connectivity index (χ1n) is 10.3. The number of hydrogen-bond acceptors (Lipinski definition) is 3. The lowest BCUT2D eigenvalue weighted by molar-refractivity contribution is 0.103. The van der Waals surface area contributed by atoms with Crippen LogP contribution in [0.4, 0.5) is 0 Å². The van der Waals surface area contributed by atoms with Crippen molar-refractivity contribution >= 4 is 15.8 Å². The summed E-state index contributed by atoms with van der Waals surface area (Å²) in [5.74, 6) is -0.0919. The van der Waals surface area contributed by atoms with E-state index in [0.717, 1.165) is 37.7 Å². The second kappa shape index (κ2) is 9.40. The van der Waals surface area contributed by atoms with Crippen LogP contribution in [0.1, 0.15) is 61.4 Å². The zero-order valence-electron chi connectivity index (χ0n) is 17.2. The minimum absolute atomic E-state index is 0.0919. The van der Waals surface area contributed by atoms with Crippen molar-refractivity contribution in [2.24, 2.45) is 0 Å². The van der Waals surface area contributed by atoms with Crippen molar-refractivity contribution in [2.45, 2.75) is 63.3 Å². The molecule has 0 aliphatic carbocycles. The Kier molecular flexibility index (Phi) is 6.91. The van der Waals surface area contributed by atoms with E-state index in [-0.39, 0.29) is 16.7 Å². The van der Waals surface area contributed by atoms with E-state index >= 15 is 0 Å². The molecule has 0 amide bonds. The van der Waals surface area contributed by atoms with E-state index in [1.807, 2.05) is 25.1 Å². The predicted octanol–water partition coefficient (Wildman–Crippen LogP) is 5.50. The molecule has 1 heterocycles. The van der Waals surface area contributed by atoms with Gasteiger partial charge in [-0.2, -0.15) is 0 Å². The molecule has 2 aromatic rings. The summed E-state index contributed by atoms with van der Waals surface area (Å²) >= 11 is 0. The van der Waals surface area contributed by atoms with Crippen molar-refractivity contribution in [3.8, 4) is 0 Å². The Labute approximate surface area is 174 Å². The molecule has 1 atom stereocenters. The third-order valence-corrected chi connectivity index (χ3v) is 7.24. The summed E-state index contributed by atoms with van der Waals surface area (Å²) < 4.78 is 28.1. The maximum atomic E-state index is 13.3. The summed E-state index contributed by atoms with van der Waals surface area (Å²) in [4.78, 5) is 13.2. The Morgan fingerprint density at radius 2 is 1.69 bits per heavy atom. The lowest BCUT2D eigenvalue weighted by Crippen LogP contribution is -2.33. The third kappa shape index (κ3) is 4.96. The van der Waals surface area contributed by atoms with Crippen LogP contribution in [-0.2, 0) is 10.0 Å². The van der Waals surface area contributed by atoms with Gasteiger partial charge in [-0.1, -0.05) is 80.6 Å². The van der Waals surface area contributed by atoms with Gasteiger partial charge in [0, 0.05) is 23.4 Å². The number of ketones is 1. The predicted molar refractivity (Wildman–Crippen MR) is 116 cm³/mol. The molecule has 1 aliphatic heterocycles. The molecule has 154 valence electrons. The number of sulfonamides is 1. The summed E-state index contributed by atoms with van der Waals surface area (Å²) in [6, 6.07) is 15.8. The first kappa shape index (κ1) is 21.3. The fourth-order valence-corrected chi connectivity index (χ4v) is 5.28. The van der Waals surface area contributed by atoms with Crippen LogP contribution in [0.2, 0.25) is 0 Å². The van der Waals surface area contributed by atoms with Crippen molar-refractivity contribution in [1.29, 1.82) is 0 Å². The molecule has 0 spiro atoms. The van der Waals surface area contributed by atoms with Crippen molar-refractivity contribution in [1.82, 2.24) is 4.31 Å². The van der Waals surface area contributed by atoms with Gasteiger partial charge in [0.2, 0.25) is 0 Å². The van der Waals surface area contributed by atoms with Crippen molar-refractivity contribution in [3.63, 3.8) is 0 Å². The SMILES string of the molecule is CCCCCCC1CC(C(=O)c2ccccc2)=CN1S(=O)(=O)c1ccc(C)cc1. The highest BCUT2D eigenvalue weighted by molar-refractivity contribution is 7.89. The average molecular weight is 412 g/mol. The van der Waals surface area contributed by atoms with Crippen LogP contribution >= 0.6 is 0 Å². The highest BCUT2D eigenvalue weighted by Gasteiger charge is 2.36. The summed E-state index contributed by atoms with van der Waals surface area (Å²) in [7, 11) is -3.69. The third-order valence-electron chi connectivity index (χ3n) is 5.41. The molecule has 4 nitrogen and oxygen atoms in total. The smallest absolute Gasteiger partial charge is 0.264 e. The standard InChI is InChI=1S/C24H29NO3S/c1-3-4-5-9-12-22-17-21(24(26)20-10-7-6-8-11-20)18-25(22)29(27,28)23-15-13-19(2)14-16-23/h6-8,10-11,13-16,18,22H,3-5,9,12,17H2,1-2H3. The molecule has 0 aromatic heterocycles. The van der Waals surface area contributed by atoms with Gasteiger partial charge in [-0.05, 0) is 31.9 Å². The Morgan fingerprint density at radius 3 is 2.34 bits per heavy atom. The molecule has 0 bridgehead atoms. The van der Waals surface area contributed by atoms with Crippen LogP contribution in [0.25, 0.3) is 0 Å². The molecule has 3 rings (SSSR count). The number of aryl methyl sites for hydroxylation is 1. The van der Waals surface area contributed by atoms with Gasteiger partial charge in [0.1, 0.15) is 0 Å². The van der Waals surface area contributed by atoms with Gasteiger partial charge in [0.15, 0.2) is 5.78 Å². The fraction of sp³-hybridized carbons (Fsp3) is 0.375. The Hall–Kier alpha value is -2.40. The summed E-state index contributed by atoms with van der Waals surface area (Å²) in [5, 5.41) is 0. The summed E-state index contributed by atoms with van der Waals surface area (Å²) in [5.41, 5.74) is 2.17. The monoisotopic (exact) mass is 411 g/mol. The van der Waals surface area contributed by atoms with Crippen LogP contribution in [0.5, 0.6) is 0 Å². The first-order chi connectivity index (χ1) is 13.9. The highest BCUT2D eigenvalue weighted by atomic mass is 32.2. The quantitative estimate of drug-likeness (QED) is 0.405. The van der Waals surface area contributed by atoms with E-state index in [9.17, 15) is 13.2 Å². The molecule has 0 N–H and O–H groups in total. The number of unbranched alkanes of at least 4 members (excludes halogenated alkanes) is 3. The zero-order chi connectivity index (χ0) is 20.9. The van der Waals surface area contributed by atoms with Crippen LogP contribution in [-0.4, -0.2) is 24.5 Å². The molecule has 0 radical (unpaired) electrons. The molecule has 1 unspecified atom stereocenters. The van der Waals surface area contributed by atoms with Crippen LogP contribution < -0.4 is 0 Å². The highest BCUT2D eigenvalue weighted by Crippen LogP contribution is 2.33. The molecule has 2 aromatic carbocycles. The minimum Gasteiger partial charge on any atom is -0.289 e. The number of carbonyl (C=O) groups is 1. The van der Waals surface area contributed by atoms with Gasteiger partial charge < -0.3 is 0 Å². The van der Waals surface area contributed by atoms with Crippen molar-refractivity contribution in [2.75, 3.05) is 0 Å². The van der Waals surface area contributed by atoms with E-state index in [4.69, 9.17) is 0 Å². The fourth-order valence-electron chi connectivity index (χ4n) is 3.72. The molecular weight excluding hydrogens is 382 g/mol. The number of hydrogen-bond donors (Lipinski definition) is 0. The van der Waals surface area contributed by atoms with Gasteiger partial charge in [0.05, 0.1) is 4.90 Å². The van der Waals surface area contributed by atoms with Crippen LogP contribution in [0.15, 0.2) is 71.3 Å². The number of Topliss-reactive ketones (excluding diaryl/α,β-unsaturated/α-hetero) is 1. The average Bonchev–Trinajstić information content (AvgIpc) is 3.17. The lowest BCUT2D eigenvalue weighted by Gasteiger charge is -2.25. The Balaban J connectivity index is 1.88. The van der Waals surface area contributed by atoms with Crippen molar-refractivity contribution in [3.05, 3.63) is 77.5 Å². The summed E-state index contributed by atoms with van der Waals surface area (Å²) in [6.07, 6.45) is 7.09. The number of rotatable bonds is 9. The van der Waals surface area contributed by atoms with E-state index in [1.165, 1.54) is 4.31 Å².